The monoisotopic (exact) mass is 218 g/mol. The summed E-state index contributed by atoms with van der Waals surface area (Å²) in [5.41, 5.74) is 0.372. The average Bonchev–Trinajstić information content (AvgIpc) is 2.20. The molecule has 2 nitrogen and oxygen atoms in total. The molecule has 1 rings (SSSR count). The summed E-state index contributed by atoms with van der Waals surface area (Å²) < 4.78 is 18.4. The molecule has 0 saturated carbocycles. The maximum absolute atomic E-state index is 13.5. The quantitative estimate of drug-likeness (QED) is 0.845. The van der Waals surface area contributed by atoms with Crippen molar-refractivity contribution in [3.63, 3.8) is 0 Å². The van der Waals surface area contributed by atoms with E-state index in [9.17, 15) is 4.39 Å². The number of aliphatic hydroxyl groups is 1. The highest BCUT2D eigenvalue weighted by molar-refractivity contribution is 6.31. The van der Waals surface area contributed by atoms with E-state index in [-0.39, 0.29) is 17.5 Å². The molecule has 1 unspecified atom stereocenters. The molecule has 4 heteroatoms. The third kappa shape index (κ3) is 2.16. The standard InChI is InChI=1S/C10H12ClFO2/c1-6(5-13)8-3-7(14-2)4-9(11)10(8)12/h3-4,6,13H,5H2,1-2H3. The number of ether oxygens (including phenoxy) is 1. The summed E-state index contributed by atoms with van der Waals surface area (Å²) in [6, 6.07) is 2.95. The summed E-state index contributed by atoms with van der Waals surface area (Å²) in [4.78, 5) is 0. The van der Waals surface area contributed by atoms with Gasteiger partial charge in [-0.2, -0.15) is 0 Å². The van der Waals surface area contributed by atoms with Gasteiger partial charge in [0.05, 0.1) is 12.1 Å². The van der Waals surface area contributed by atoms with Gasteiger partial charge in [-0.15, -0.1) is 0 Å². The molecule has 0 amide bonds. The third-order valence-electron chi connectivity index (χ3n) is 2.07. The molecular weight excluding hydrogens is 207 g/mol. The molecule has 0 aromatic heterocycles. The van der Waals surface area contributed by atoms with Crippen molar-refractivity contribution in [1.29, 1.82) is 0 Å². The van der Waals surface area contributed by atoms with Crippen LogP contribution in [0.4, 0.5) is 4.39 Å². The largest absolute Gasteiger partial charge is 0.497 e. The Kier molecular flexibility index (Phi) is 3.72. The van der Waals surface area contributed by atoms with Gasteiger partial charge in [-0.05, 0) is 11.6 Å². The number of halogens is 2. The van der Waals surface area contributed by atoms with Crippen molar-refractivity contribution in [2.24, 2.45) is 0 Å². The van der Waals surface area contributed by atoms with E-state index in [4.69, 9.17) is 21.4 Å². The van der Waals surface area contributed by atoms with Gasteiger partial charge >= 0.3 is 0 Å². The van der Waals surface area contributed by atoms with Gasteiger partial charge in [-0.25, -0.2) is 4.39 Å². The highest BCUT2D eigenvalue weighted by Gasteiger charge is 2.14. The average molecular weight is 219 g/mol. The number of rotatable bonds is 3. The fraction of sp³-hybridized carbons (Fsp3) is 0.400. The molecule has 0 spiro atoms. The summed E-state index contributed by atoms with van der Waals surface area (Å²) in [6.45, 7) is 1.59. The molecule has 1 aromatic carbocycles. The van der Waals surface area contributed by atoms with E-state index in [1.165, 1.54) is 13.2 Å². The van der Waals surface area contributed by atoms with Gasteiger partial charge in [0.1, 0.15) is 11.6 Å². The highest BCUT2D eigenvalue weighted by Crippen LogP contribution is 2.29. The lowest BCUT2D eigenvalue weighted by molar-refractivity contribution is 0.270. The second-order valence-electron chi connectivity index (χ2n) is 3.10. The van der Waals surface area contributed by atoms with Crippen LogP contribution in [-0.4, -0.2) is 18.8 Å². The molecule has 1 N–H and O–H groups in total. The van der Waals surface area contributed by atoms with Crippen LogP contribution in [0.25, 0.3) is 0 Å². The van der Waals surface area contributed by atoms with Crippen LogP contribution in [0.5, 0.6) is 5.75 Å². The zero-order valence-corrected chi connectivity index (χ0v) is 8.81. The van der Waals surface area contributed by atoms with Gasteiger partial charge in [-0.3, -0.25) is 0 Å². The smallest absolute Gasteiger partial charge is 0.145 e. The fourth-order valence-corrected chi connectivity index (χ4v) is 1.38. The summed E-state index contributed by atoms with van der Waals surface area (Å²) in [6.07, 6.45) is 0. The van der Waals surface area contributed by atoms with Gasteiger partial charge in [0, 0.05) is 18.6 Å². The topological polar surface area (TPSA) is 29.5 Å². The van der Waals surface area contributed by atoms with Crippen LogP contribution in [-0.2, 0) is 0 Å². The molecule has 0 aliphatic rings. The SMILES string of the molecule is COc1cc(Cl)c(F)c(C(C)CO)c1. The van der Waals surface area contributed by atoms with Gasteiger partial charge in [0.25, 0.3) is 0 Å². The van der Waals surface area contributed by atoms with Crippen molar-refractivity contribution in [2.75, 3.05) is 13.7 Å². The molecule has 0 fully saturated rings. The summed E-state index contributed by atoms with van der Waals surface area (Å²) in [7, 11) is 1.48. The number of benzene rings is 1. The van der Waals surface area contributed by atoms with E-state index in [0.29, 0.717) is 11.3 Å². The first-order valence-corrected chi connectivity index (χ1v) is 4.61. The number of hydrogen-bond acceptors (Lipinski definition) is 2. The lowest BCUT2D eigenvalue weighted by atomic mass is 10.0. The molecule has 0 heterocycles. The minimum atomic E-state index is -0.492. The molecule has 1 atom stereocenters. The minimum Gasteiger partial charge on any atom is -0.497 e. The Morgan fingerprint density at radius 3 is 2.71 bits per heavy atom. The maximum Gasteiger partial charge on any atom is 0.145 e. The summed E-state index contributed by atoms with van der Waals surface area (Å²) in [5, 5.41) is 8.93. The van der Waals surface area contributed by atoms with E-state index < -0.39 is 5.82 Å². The number of aliphatic hydroxyl groups excluding tert-OH is 1. The fourth-order valence-electron chi connectivity index (χ4n) is 1.16. The van der Waals surface area contributed by atoms with Crippen LogP contribution in [0.1, 0.15) is 18.4 Å². The number of methoxy groups -OCH3 is 1. The molecule has 0 aliphatic heterocycles. The van der Waals surface area contributed by atoms with Gasteiger partial charge < -0.3 is 9.84 Å². The molecule has 0 aliphatic carbocycles. The van der Waals surface area contributed by atoms with Crippen LogP contribution in [0.15, 0.2) is 12.1 Å². The zero-order chi connectivity index (χ0) is 10.7. The van der Waals surface area contributed by atoms with Gasteiger partial charge in [0.15, 0.2) is 0 Å². The molecule has 0 bridgehead atoms. The Labute approximate surface area is 87.3 Å². The maximum atomic E-state index is 13.5. The predicted octanol–water partition coefficient (Wildman–Crippen LogP) is 2.58. The first kappa shape index (κ1) is 11.3. The van der Waals surface area contributed by atoms with Crippen molar-refractivity contribution in [3.05, 3.63) is 28.5 Å². The summed E-state index contributed by atoms with van der Waals surface area (Å²) >= 11 is 5.66. The molecule has 14 heavy (non-hydrogen) atoms. The second-order valence-corrected chi connectivity index (χ2v) is 3.50. The molecule has 78 valence electrons. The lowest BCUT2D eigenvalue weighted by Gasteiger charge is -2.12. The Balaban J connectivity index is 3.20. The van der Waals surface area contributed by atoms with Crippen LogP contribution < -0.4 is 4.74 Å². The van der Waals surface area contributed by atoms with Crippen molar-refractivity contribution < 1.29 is 14.2 Å². The molecule has 0 saturated heterocycles. The lowest BCUT2D eigenvalue weighted by Crippen LogP contribution is -2.03. The van der Waals surface area contributed by atoms with Gasteiger partial charge in [0.2, 0.25) is 0 Å². The Morgan fingerprint density at radius 1 is 1.57 bits per heavy atom. The van der Waals surface area contributed by atoms with Crippen LogP contribution in [0.3, 0.4) is 0 Å². The molecular formula is C10H12ClFO2. The third-order valence-corrected chi connectivity index (χ3v) is 2.35. The highest BCUT2D eigenvalue weighted by atomic mass is 35.5. The number of hydrogen-bond donors (Lipinski definition) is 1. The zero-order valence-electron chi connectivity index (χ0n) is 8.05. The van der Waals surface area contributed by atoms with Crippen molar-refractivity contribution in [2.45, 2.75) is 12.8 Å². The van der Waals surface area contributed by atoms with E-state index in [0.717, 1.165) is 0 Å². The Hall–Kier alpha value is -0.800. The first-order chi connectivity index (χ1) is 6.60. The van der Waals surface area contributed by atoms with Crippen LogP contribution in [0.2, 0.25) is 5.02 Å². The Morgan fingerprint density at radius 2 is 2.21 bits per heavy atom. The first-order valence-electron chi connectivity index (χ1n) is 4.24. The predicted molar refractivity (Wildman–Crippen MR) is 53.5 cm³/mol. The van der Waals surface area contributed by atoms with Crippen molar-refractivity contribution >= 4 is 11.6 Å². The van der Waals surface area contributed by atoms with Crippen molar-refractivity contribution in [3.8, 4) is 5.75 Å². The molecule has 1 aromatic rings. The van der Waals surface area contributed by atoms with E-state index in [1.807, 2.05) is 0 Å². The minimum absolute atomic E-state index is 0.0136. The van der Waals surface area contributed by atoms with E-state index >= 15 is 0 Å². The Bertz CT molecular complexity index is 328. The summed E-state index contributed by atoms with van der Waals surface area (Å²) in [5.74, 6) is -0.289. The normalized spacial score (nSPS) is 12.6. The van der Waals surface area contributed by atoms with E-state index in [2.05, 4.69) is 0 Å². The van der Waals surface area contributed by atoms with Crippen LogP contribution in [0, 0.1) is 5.82 Å². The van der Waals surface area contributed by atoms with Gasteiger partial charge in [-0.1, -0.05) is 18.5 Å². The molecule has 0 radical (unpaired) electrons. The van der Waals surface area contributed by atoms with Crippen LogP contribution >= 0.6 is 11.6 Å². The van der Waals surface area contributed by atoms with Crippen molar-refractivity contribution in [1.82, 2.24) is 0 Å². The van der Waals surface area contributed by atoms with E-state index in [1.54, 1.807) is 13.0 Å². The second kappa shape index (κ2) is 4.62.